The quantitative estimate of drug-likeness (QED) is 0.500. The highest BCUT2D eigenvalue weighted by atomic mass is 19.4. The first-order chi connectivity index (χ1) is 15.6. The van der Waals surface area contributed by atoms with E-state index < -0.39 is 23.3 Å². The maximum absolute atomic E-state index is 13.0. The van der Waals surface area contributed by atoms with Gasteiger partial charge in [0.05, 0.1) is 5.56 Å². The lowest BCUT2D eigenvalue weighted by molar-refractivity contribution is -0.137. The number of hydrogen-bond acceptors (Lipinski definition) is 4. The largest absolute Gasteiger partial charge is 0.416 e. The molecule has 0 radical (unpaired) electrons. The van der Waals surface area contributed by atoms with Crippen LogP contribution in [0.15, 0.2) is 59.4 Å². The molecule has 0 fully saturated rings. The smallest absolute Gasteiger partial charge is 0.350 e. The lowest BCUT2D eigenvalue weighted by atomic mass is 10.1. The van der Waals surface area contributed by atoms with Crippen molar-refractivity contribution in [1.29, 1.82) is 0 Å². The van der Waals surface area contributed by atoms with Gasteiger partial charge in [-0.05, 0) is 31.5 Å². The fraction of sp³-hybridized carbons (Fsp3) is 0.217. The van der Waals surface area contributed by atoms with Gasteiger partial charge in [0.2, 0.25) is 5.91 Å². The van der Waals surface area contributed by atoms with Gasteiger partial charge < -0.3 is 5.32 Å². The molecule has 2 aromatic carbocycles. The number of rotatable bonds is 5. The Labute approximate surface area is 186 Å². The van der Waals surface area contributed by atoms with Crippen molar-refractivity contribution in [3.8, 4) is 11.4 Å². The fourth-order valence-corrected chi connectivity index (χ4v) is 3.36. The van der Waals surface area contributed by atoms with Gasteiger partial charge in [-0.3, -0.25) is 4.79 Å². The first-order valence-electron chi connectivity index (χ1n) is 10.1. The van der Waals surface area contributed by atoms with Crippen LogP contribution < -0.4 is 11.0 Å². The highest BCUT2D eigenvalue weighted by Gasteiger charge is 2.30. The van der Waals surface area contributed by atoms with Crippen LogP contribution in [0.25, 0.3) is 17.0 Å². The van der Waals surface area contributed by atoms with Crippen molar-refractivity contribution in [2.45, 2.75) is 33.1 Å². The van der Waals surface area contributed by atoms with Crippen molar-refractivity contribution < 1.29 is 18.0 Å². The van der Waals surface area contributed by atoms with E-state index in [1.54, 1.807) is 13.0 Å². The van der Waals surface area contributed by atoms with Crippen LogP contribution in [-0.2, 0) is 24.1 Å². The highest BCUT2D eigenvalue weighted by Crippen LogP contribution is 2.30. The van der Waals surface area contributed by atoms with Gasteiger partial charge in [0.25, 0.3) is 0 Å². The molecule has 0 aliphatic carbocycles. The van der Waals surface area contributed by atoms with E-state index in [0.29, 0.717) is 17.8 Å². The number of alkyl halides is 3. The molecule has 2 heterocycles. The Hall–Kier alpha value is -3.95. The number of nitrogens with one attached hydrogen (secondary N) is 1. The number of halogens is 3. The Morgan fingerprint density at radius 2 is 1.70 bits per heavy atom. The van der Waals surface area contributed by atoms with E-state index in [-0.39, 0.29) is 18.0 Å². The number of carbonyl (C=O) groups is 1. The molecular formula is C23H20F3N5O2. The monoisotopic (exact) mass is 455 g/mol. The fourth-order valence-electron chi connectivity index (χ4n) is 3.36. The molecule has 0 unspecified atom stereocenters. The van der Waals surface area contributed by atoms with Gasteiger partial charge in [-0.2, -0.15) is 13.2 Å². The van der Waals surface area contributed by atoms with Crippen molar-refractivity contribution in [1.82, 2.24) is 24.5 Å². The number of hydrogen-bond donors (Lipinski definition) is 1. The molecule has 7 nitrogen and oxygen atoms in total. The molecule has 0 aliphatic heterocycles. The number of nitrogens with zero attached hydrogens (tertiary/aromatic N) is 4. The lowest BCUT2D eigenvalue weighted by Crippen LogP contribution is -2.32. The molecule has 4 rings (SSSR count). The minimum atomic E-state index is -4.47. The van der Waals surface area contributed by atoms with Crippen molar-refractivity contribution in [3.05, 3.63) is 87.5 Å². The van der Waals surface area contributed by atoms with Gasteiger partial charge in [0, 0.05) is 23.9 Å². The van der Waals surface area contributed by atoms with E-state index in [0.717, 1.165) is 27.9 Å². The summed E-state index contributed by atoms with van der Waals surface area (Å²) in [5.41, 5.74) is 1.70. The Kier molecular flexibility index (Phi) is 5.75. The van der Waals surface area contributed by atoms with Gasteiger partial charge in [-0.15, -0.1) is 5.10 Å². The minimum absolute atomic E-state index is 0.148. The van der Waals surface area contributed by atoms with Gasteiger partial charge in [0.1, 0.15) is 12.4 Å². The topological polar surface area (TPSA) is 81.3 Å². The maximum atomic E-state index is 13.0. The lowest BCUT2D eigenvalue weighted by Gasteiger charge is -2.08. The van der Waals surface area contributed by atoms with Crippen LogP contribution in [0, 0.1) is 13.8 Å². The molecule has 1 amide bonds. The molecular weight excluding hydrogens is 435 g/mol. The standard InChI is InChI=1S/C23H20F3N5O2/c1-14-3-5-16(6-4-14)12-27-20(32)13-30-22(33)31-19(29-30)11-15(2)28-21(31)17-7-9-18(10-8-17)23(24,25)26/h3-11H,12-13H2,1-2H3,(H,27,32). The van der Waals surface area contributed by atoms with Crippen LogP contribution >= 0.6 is 0 Å². The normalized spacial score (nSPS) is 11.7. The van der Waals surface area contributed by atoms with E-state index in [4.69, 9.17) is 0 Å². The van der Waals surface area contributed by atoms with E-state index in [9.17, 15) is 22.8 Å². The Bertz CT molecular complexity index is 1370. The molecule has 0 saturated heterocycles. The molecule has 0 atom stereocenters. The highest BCUT2D eigenvalue weighted by molar-refractivity contribution is 5.75. The average Bonchev–Trinajstić information content (AvgIpc) is 3.07. The summed E-state index contributed by atoms with van der Waals surface area (Å²) in [6, 6.07) is 13.6. The van der Waals surface area contributed by atoms with E-state index in [2.05, 4.69) is 15.4 Å². The molecule has 33 heavy (non-hydrogen) atoms. The van der Waals surface area contributed by atoms with Crippen LogP contribution in [-0.4, -0.2) is 25.1 Å². The number of aryl methyl sites for hydroxylation is 2. The molecule has 0 bridgehead atoms. The Balaban J connectivity index is 1.61. The zero-order chi connectivity index (χ0) is 23.8. The third-order valence-corrected chi connectivity index (χ3v) is 5.07. The summed E-state index contributed by atoms with van der Waals surface area (Å²) in [6.07, 6.45) is -4.47. The molecule has 1 N–H and O–H groups in total. The van der Waals surface area contributed by atoms with E-state index >= 15 is 0 Å². The number of carbonyl (C=O) groups excluding carboxylic acids is 1. The summed E-state index contributed by atoms with van der Waals surface area (Å²) in [6.45, 7) is 3.65. The Morgan fingerprint density at radius 3 is 2.33 bits per heavy atom. The average molecular weight is 455 g/mol. The number of fused-ring (bicyclic) bond motifs is 1. The van der Waals surface area contributed by atoms with Gasteiger partial charge in [-0.25, -0.2) is 18.9 Å². The van der Waals surface area contributed by atoms with Crippen molar-refractivity contribution in [2.75, 3.05) is 0 Å². The molecule has 0 spiro atoms. The summed E-state index contributed by atoms with van der Waals surface area (Å²) in [5.74, 6) is -0.253. The number of benzene rings is 2. The van der Waals surface area contributed by atoms with Crippen LogP contribution in [0.4, 0.5) is 13.2 Å². The van der Waals surface area contributed by atoms with Crippen LogP contribution in [0.5, 0.6) is 0 Å². The van der Waals surface area contributed by atoms with Crippen molar-refractivity contribution >= 4 is 11.6 Å². The first-order valence-corrected chi connectivity index (χ1v) is 10.1. The Morgan fingerprint density at radius 1 is 1.03 bits per heavy atom. The minimum Gasteiger partial charge on any atom is -0.350 e. The maximum Gasteiger partial charge on any atom is 0.416 e. The zero-order valence-electron chi connectivity index (χ0n) is 17.8. The second kappa shape index (κ2) is 8.53. The molecule has 4 aromatic rings. The number of amides is 1. The van der Waals surface area contributed by atoms with Crippen LogP contribution in [0.3, 0.4) is 0 Å². The van der Waals surface area contributed by atoms with E-state index in [1.165, 1.54) is 16.5 Å². The summed E-state index contributed by atoms with van der Waals surface area (Å²) in [7, 11) is 0. The van der Waals surface area contributed by atoms with E-state index in [1.807, 2.05) is 31.2 Å². The van der Waals surface area contributed by atoms with Crippen LogP contribution in [0.1, 0.15) is 22.4 Å². The second-order valence-electron chi connectivity index (χ2n) is 7.69. The molecule has 0 aliphatic rings. The van der Waals surface area contributed by atoms with Crippen molar-refractivity contribution in [3.63, 3.8) is 0 Å². The molecule has 170 valence electrons. The number of aromatic nitrogens is 4. The second-order valence-corrected chi connectivity index (χ2v) is 7.69. The summed E-state index contributed by atoms with van der Waals surface area (Å²) in [5, 5.41) is 6.96. The molecule has 10 heteroatoms. The van der Waals surface area contributed by atoms with Gasteiger partial charge in [0.15, 0.2) is 5.65 Å². The summed E-state index contributed by atoms with van der Waals surface area (Å²) in [4.78, 5) is 29.7. The summed E-state index contributed by atoms with van der Waals surface area (Å²) < 4.78 is 40.9. The zero-order valence-corrected chi connectivity index (χ0v) is 17.8. The molecule has 0 saturated carbocycles. The SMILES string of the molecule is Cc1ccc(CNC(=O)Cn2nc3cc(C)nc(-c4ccc(C(F)(F)F)cc4)n3c2=O)cc1. The first kappa shape index (κ1) is 22.3. The third kappa shape index (κ3) is 4.79. The predicted molar refractivity (Wildman–Crippen MR) is 115 cm³/mol. The van der Waals surface area contributed by atoms with Crippen LogP contribution in [0.2, 0.25) is 0 Å². The summed E-state index contributed by atoms with van der Waals surface area (Å²) >= 11 is 0. The molecule has 2 aromatic heterocycles. The van der Waals surface area contributed by atoms with Gasteiger partial charge in [-0.1, -0.05) is 42.0 Å². The van der Waals surface area contributed by atoms with Crippen molar-refractivity contribution in [2.24, 2.45) is 0 Å². The van der Waals surface area contributed by atoms with Gasteiger partial charge >= 0.3 is 11.9 Å². The predicted octanol–water partition coefficient (Wildman–Crippen LogP) is 3.51. The third-order valence-electron chi connectivity index (χ3n) is 5.07.